The molecule has 1 aromatic carbocycles. The Morgan fingerprint density at radius 1 is 1.31 bits per heavy atom. The molecule has 1 N–H and O–H groups in total. The molecule has 0 atom stereocenters. The van der Waals surface area contributed by atoms with Gasteiger partial charge >= 0.3 is 0 Å². The van der Waals surface area contributed by atoms with Crippen LogP contribution in [-0.4, -0.2) is 25.5 Å². The number of amides is 1. The first-order valence-corrected chi connectivity index (χ1v) is 5.90. The van der Waals surface area contributed by atoms with E-state index >= 15 is 0 Å². The molecule has 1 fully saturated rings. The van der Waals surface area contributed by atoms with Crippen LogP contribution in [0.5, 0.6) is 0 Å². The van der Waals surface area contributed by atoms with Gasteiger partial charge < -0.3 is 10.2 Å². The molecule has 1 aliphatic heterocycles. The molecule has 1 heterocycles. The maximum Gasteiger partial charge on any atom is 0.240 e. The lowest BCUT2D eigenvalue weighted by Gasteiger charge is -2.21. The molecule has 0 bridgehead atoms. The van der Waals surface area contributed by atoms with Crippen molar-refractivity contribution in [3.63, 3.8) is 0 Å². The van der Waals surface area contributed by atoms with Crippen molar-refractivity contribution in [2.45, 2.75) is 6.42 Å². The van der Waals surface area contributed by atoms with Crippen LogP contribution in [0.2, 0.25) is 10.0 Å². The van der Waals surface area contributed by atoms with Crippen LogP contribution >= 0.6 is 23.2 Å². The number of carbonyl (C=O) groups excluding carboxylic acids is 1. The van der Waals surface area contributed by atoms with Gasteiger partial charge in [0.25, 0.3) is 0 Å². The van der Waals surface area contributed by atoms with Gasteiger partial charge in [-0.1, -0.05) is 23.2 Å². The van der Waals surface area contributed by atoms with Crippen LogP contribution in [0.3, 0.4) is 0 Å². The zero-order chi connectivity index (χ0) is 11.5. The summed E-state index contributed by atoms with van der Waals surface area (Å²) in [7, 11) is 0. The fourth-order valence-corrected chi connectivity index (χ4v) is 2.24. The van der Waals surface area contributed by atoms with Gasteiger partial charge in [0.15, 0.2) is 0 Å². The Hall–Kier alpha value is -0.770. The van der Waals surface area contributed by atoms with Gasteiger partial charge in [-0.15, -0.1) is 0 Å². The molecule has 0 aromatic heterocycles. The lowest BCUT2D eigenvalue weighted by atomic mass is 10.2. The molecule has 1 saturated heterocycles. The Morgan fingerprint density at radius 3 is 2.88 bits per heavy atom. The molecule has 0 saturated carbocycles. The van der Waals surface area contributed by atoms with Gasteiger partial charge in [0.05, 0.1) is 17.3 Å². The van der Waals surface area contributed by atoms with Gasteiger partial charge in [-0.25, -0.2) is 0 Å². The number of nitrogens with zero attached hydrogens (tertiary/aromatic N) is 1. The third-order valence-corrected chi connectivity index (χ3v) is 3.05. The topological polar surface area (TPSA) is 32.3 Å². The fourth-order valence-electron chi connectivity index (χ4n) is 1.73. The van der Waals surface area contributed by atoms with Gasteiger partial charge in [-0.2, -0.15) is 0 Å². The van der Waals surface area contributed by atoms with E-state index in [2.05, 4.69) is 5.32 Å². The number of benzene rings is 1. The normalized spacial score (nSPS) is 17.4. The van der Waals surface area contributed by atoms with Crippen molar-refractivity contribution >= 4 is 34.8 Å². The molecule has 0 aliphatic carbocycles. The summed E-state index contributed by atoms with van der Waals surface area (Å²) in [6.07, 6.45) is 0.921. The number of anilines is 1. The predicted octanol–water partition coefficient (Wildman–Crippen LogP) is 2.32. The van der Waals surface area contributed by atoms with E-state index in [9.17, 15) is 4.79 Å². The Kier molecular flexibility index (Phi) is 3.69. The summed E-state index contributed by atoms with van der Waals surface area (Å²) in [5.74, 6) is 0.0433. The Balaban J connectivity index is 2.30. The maximum atomic E-state index is 11.8. The van der Waals surface area contributed by atoms with Crippen LogP contribution in [0.15, 0.2) is 18.2 Å². The fraction of sp³-hybridized carbons (Fsp3) is 0.364. The van der Waals surface area contributed by atoms with E-state index < -0.39 is 0 Å². The molecule has 1 aliphatic rings. The summed E-state index contributed by atoms with van der Waals surface area (Å²) < 4.78 is 0. The molecule has 1 aromatic rings. The van der Waals surface area contributed by atoms with E-state index in [-0.39, 0.29) is 5.91 Å². The van der Waals surface area contributed by atoms with Crippen molar-refractivity contribution < 1.29 is 4.79 Å². The van der Waals surface area contributed by atoms with E-state index in [4.69, 9.17) is 23.2 Å². The molecule has 16 heavy (non-hydrogen) atoms. The number of nitrogens with one attached hydrogen (secondary N) is 1. The van der Waals surface area contributed by atoms with Gasteiger partial charge in [0, 0.05) is 11.6 Å². The van der Waals surface area contributed by atoms with E-state index in [1.54, 1.807) is 23.1 Å². The second-order valence-corrected chi connectivity index (χ2v) is 4.52. The minimum Gasteiger partial charge on any atom is -0.310 e. The van der Waals surface area contributed by atoms with Crippen LogP contribution in [0.1, 0.15) is 6.42 Å². The Bertz CT molecular complexity index is 409. The number of hydrogen-bond acceptors (Lipinski definition) is 2. The zero-order valence-corrected chi connectivity index (χ0v) is 10.2. The van der Waals surface area contributed by atoms with E-state index in [0.717, 1.165) is 18.7 Å². The summed E-state index contributed by atoms with van der Waals surface area (Å²) >= 11 is 11.9. The molecule has 86 valence electrons. The van der Waals surface area contributed by atoms with Crippen LogP contribution in [-0.2, 0) is 4.79 Å². The largest absolute Gasteiger partial charge is 0.310 e. The van der Waals surface area contributed by atoms with E-state index in [1.807, 2.05) is 0 Å². The molecule has 0 spiro atoms. The molecule has 0 unspecified atom stereocenters. The monoisotopic (exact) mass is 258 g/mol. The summed E-state index contributed by atoms with van der Waals surface area (Å²) in [5, 5.41) is 4.16. The molecule has 0 radical (unpaired) electrons. The third kappa shape index (κ3) is 2.48. The predicted molar refractivity (Wildman–Crippen MR) is 66.3 cm³/mol. The average Bonchev–Trinajstić information content (AvgIpc) is 2.44. The Morgan fingerprint density at radius 2 is 2.12 bits per heavy atom. The second-order valence-electron chi connectivity index (χ2n) is 3.67. The lowest BCUT2D eigenvalue weighted by molar-refractivity contribution is -0.117. The molecular weight excluding hydrogens is 247 g/mol. The highest BCUT2D eigenvalue weighted by Gasteiger charge is 2.19. The molecular formula is C11H12Cl2N2O. The van der Waals surface area contributed by atoms with E-state index in [1.165, 1.54) is 0 Å². The number of carbonyl (C=O) groups is 1. The third-order valence-electron chi connectivity index (χ3n) is 2.51. The number of rotatable bonds is 1. The maximum absolute atomic E-state index is 11.8. The SMILES string of the molecule is O=C1CNCCCN1c1ccc(Cl)cc1Cl. The van der Waals surface area contributed by atoms with Crippen molar-refractivity contribution in [2.24, 2.45) is 0 Å². The lowest BCUT2D eigenvalue weighted by Crippen LogP contribution is -2.34. The average molecular weight is 259 g/mol. The minimum absolute atomic E-state index is 0.0433. The van der Waals surface area contributed by atoms with Gasteiger partial charge in [-0.05, 0) is 31.2 Å². The van der Waals surface area contributed by atoms with Crippen molar-refractivity contribution in [1.82, 2.24) is 5.32 Å². The van der Waals surface area contributed by atoms with Gasteiger partial charge in [0.1, 0.15) is 0 Å². The van der Waals surface area contributed by atoms with Crippen LogP contribution in [0.25, 0.3) is 0 Å². The summed E-state index contributed by atoms with van der Waals surface area (Å²) in [4.78, 5) is 13.5. The van der Waals surface area contributed by atoms with E-state index in [0.29, 0.717) is 23.1 Å². The zero-order valence-electron chi connectivity index (χ0n) is 8.67. The van der Waals surface area contributed by atoms with Gasteiger partial charge in [-0.3, -0.25) is 4.79 Å². The van der Waals surface area contributed by atoms with Crippen LogP contribution in [0.4, 0.5) is 5.69 Å². The summed E-state index contributed by atoms with van der Waals surface area (Å²) in [6, 6.07) is 5.19. The summed E-state index contributed by atoms with van der Waals surface area (Å²) in [6.45, 7) is 1.90. The second kappa shape index (κ2) is 5.04. The smallest absolute Gasteiger partial charge is 0.240 e. The van der Waals surface area contributed by atoms with Crippen molar-refractivity contribution in [3.8, 4) is 0 Å². The quantitative estimate of drug-likeness (QED) is 0.839. The first kappa shape index (κ1) is 11.7. The standard InChI is InChI=1S/C11H12Cl2N2O/c12-8-2-3-10(9(13)6-8)15-5-1-4-14-7-11(15)16/h2-3,6,14H,1,4-5,7H2. The van der Waals surface area contributed by atoms with Crippen molar-refractivity contribution in [1.29, 1.82) is 0 Å². The molecule has 3 nitrogen and oxygen atoms in total. The first-order valence-electron chi connectivity index (χ1n) is 5.14. The first-order chi connectivity index (χ1) is 7.68. The summed E-state index contributed by atoms with van der Waals surface area (Å²) in [5.41, 5.74) is 0.736. The Labute approximate surface area is 104 Å². The highest BCUT2D eigenvalue weighted by Crippen LogP contribution is 2.29. The number of hydrogen-bond donors (Lipinski definition) is 1. The molecule has 5 heteroatoms. The molecule has 1 amide bonds. The highest BCUT2D eigenvalue weighted by atomic mass is 35.5. The van der Waals surface area contributed by atoms with Crippen LogP contribution < -0.4 is 10.2 Å². The number of halogens is 2. The highest BCUT2D eigenvalue weighted by molar-refractivity contribution is 6.36. The minimum atomic E-state index is 0.0433. The van der Waals surface area contributed by atoms with Crippen molar-refractivity contribution in [2.75, 3.05) is 24.5 Å². The van der Waals surface area contributed by atoms with Crippen LogP contribution in [0, 0.1) is 0 Å². The van der Waals surface area contributed by atoms with Crippen molar-refractivity contribution in [3.05, 3.63) is 28.2 Å². The van der Waals surface area contributed by atoms with Gasteiger partial charge in [0.2, 0.25) is 5.91 Å². The molecule has 2 rings (SSSR count).